The van der Waals surface area contributed by atoms with Gasteiger partial charge in [-0.1, -0.05) is 24.3 Å². The van der Waals surface area contributed by atoms with E-state index in [2.05, 4.69) is 15.3 Å². The Balaban J connectivity index is 0.000000273. The number of aromatic nitrogens is 1. The van der Waals surface area contributed by atoms with Gasteiger partial charge in [0.25, 0.3) is 5.91 Å². The average molecular weight is 466 g/mol. The van der Waals surface area contributed by atoms with Crippen molar-refractivity contribution in [3.63, 3.8) is 0 Å². The number of fused-ring (bicyclic) bond motifs is 1. The van der Waals surface area contributed by atoms with Gasteiger partial charge in [-0.15, -0.1) is 11.3 Å². The van der Waals surface area contributed by atoms with Gasteiger partial charge in [-0.05, 0) is 37.1 Å². The number of aldehydes is 1. The van der Waals surface area contributed by atoms with E-state index in [4.69, 9.17) is 11.5 Å². The number of alkyl halides is 3. The lowest BCUT2D eigenvalue weighted by Crippen LogP contribution is -2.27. The molecule has 170 valence electrons. The van der Waals surface area contributed by atoms with Gasteiger partial charge in [0, 0.05) is 13.1 Å². The van der Waals surface area contributed by atoms with E-state index in [1.807, 2.05) is 24.3 Å². The van der Waals surface area contributed by atoms with Crippen LogP contribution in [-0.2, 0) is 6.18 Å². The number of para-hydroxylation sites is 1. The molecule has 0 unspecified atom stereocenters. The number of hydrogen-bond acceptors (Lipinski definition) is 5. The van der Waals surface area contributed by atoms with Crippen molar-refractivity contribution in [2.45, 2.75) is 19.0 Å². The summed E-state index contributed by atoms with van der Waals surface area (Å²) in [4.78, 5) is 29.9. The third-order valence-electron chi connectivity index (χ3n) is 4.05. The standard InChI is InChI=1S/C13H17F3N4O.C8H5NOS/c14-13(15,16)10-6-2-1-5-9(10)11(21)19-7-3-4-8-20-12(17)18;10-5-8-9-6-3-1-2-4-7(6)11-8/h1-2,5-6H,3-4,7-8H2,(H,19,21)(H4,17,18,20);1-5H. The van der Waals surface area contributed by atoms with E-state index in [-0.39, 0.29) is 18.1 Å². The number of benzene rings is 2. The van der Waals surface area contributed by atoms with E-state index in [0.717, 1.165) is 28.6 Å². The molecule has 2 aromatic carbocycles. The maximum Gasteiger partial charge on any atom is 0.417 e. The maximum absolute atomic E-state index is 12.8. The Kier molecular flexibility index (Phi) is 9.14. The molecule has 32 heavy (non-hydrogen) atoms. The maximum atomic E-state index is 12.8. The minimum atomic E-state index is -4.55. The summed E-state index contributed by atoms with van der Waals surface area (Å²) < 4.78 is 39.3. The van der Waals surface area contributed by atoms with Gasteiger partial charge in [-0.3, -0.25) is 14.6 Å². The first-order chi connectivity index (χ1) is 15.2. The molecule has 3 rings (SSSR count). The lowest BCUT2D eigenvalue weighted by molar-refractivity contribution is -0.137. The molecule has 0 radical (unpaired) electrons. The molecular weight excluding hydrogens is 443 g/mol. The van der Waals surface area contributed by atoms with Gasteiger partial charge in [0.05, 0.1) is 21.3 Å². The summed E-state index contributed by atoms with van der Waals surface area (Å²) in [5.41, 5.74) is 9.86. The zero-order valence-electron chi connectivity index (χ0n) is 16.9. The van der Waals surface area contributed by atoms with E-state index >= 15 is 0 Å². The normalized spacial score (nSPS) is 10.7. The second-order valence-electron chi connectivity index (χ2n) is 6.45. The number of nitrogens with one attached hydrogen (secondary N) is 1. The lowest BCUT2D eigenvalue weighted by Gasteiger charge is -2.12. The Bertz CT molecular complexity index is 1050. The SMILES string of the molecule is NC(N)=NCCCCNC(=O)c1ccccc1C(F)(F)F.O=Cc1nc2ccccc2s1. The number of thiazole rings is 1. The molecule has 1 amide bonds. The number of hydrogen-bond donors (Lipinski definition) is 3. The summed E-state index contributed by atoms with van der Waals surface area (Å²) in [6, 6.07) is 12.4. The fraction of sp³-hybridized carbons (Fsp3) is 0.238. The number of carbonyl (C=O) groups excluding carboxylic acids is 2. The largest absolute Gasteiger partial charge is 0.417 e. The van der Waals surface area contributed by atoms with Crippen molar-refractivity contribution in [2.75, 3.05) is 13.1 Å². The Morgan fingerprint density at radius 3 is 2.44 bits per heavy atom. The molecule has 0 bridgehead atoms. The molecule has 1 heterocycles. The fourth-order valence-electron chi connectivity index (χ4n) is 2.61. The number of unbranched alkanes of at least 4 members (excludes halogenated alkanes) is 1. The van der Waals surface area contributed by atoms with Gasteiger partial charge in [0.15, 0.2) is 17.3 Å². The van der Waals surface area contributed by atoms with Crippen LogP contribution in [-0.4, -0.2) is 36.2 Å². The van der Waals surface area contributed by atoms with Crippen LogP contribution in [0.3, 0.4) is 0 Å². The van der Waals surface area contributed by atoms with Crippen LogP contribution in [0.1, 0.15) is 38.6 Å². The van der Waals surface area contributed by atoms with Crippen LogP contribution in [0, 0.1) is 0 Å². The molecule has 0 saturated heterocycles. The highest BCUT2D eigenvalue weighted by Crippen LogP contribution is 2.31. The summed E-state index contributed by atoms with van der Waals surface area (Å²) in [5.74, 6) is -0.761. The molecule has 5 N–H and O–H groups in total. The first kappa shape index (κ1) is 24.8. The van der Waals surface area contributed by atoms with Crippen LogP contribution in [0.5, 0.6) is 0 Å². The molecule has 0 atom stereocenters. The average Bonchev–Trinajstić information content (AvgIpc) is 3.19. The minimum absolute atomic E-state index is 0.0156. The monoisotopic (exact) mass is 465 g/mol. The number of nitrogens with zero attached hydrogens (tertiary/aromatic N) is 2. The zero-order valence-corrected chi connectivity index (χ0v) is 17.7. The van der Waals surface area contributed by atoms with Crippen molar-refractivity contribution in [1.82, 2.24) is 10.3 Å². The molecule has 0 aliphatic rings. The number of carbonyl (C=O) groups is 2. The van der Waals surface area contributed by atoms with E-state index in [1.165, 1.54) is 23.5 Å². The molecule has 1 aromatic heterocycles. The van der Waals surface area contributed by atoms with Gasteiger partial charge in [0.2, 0.25) is 0 Å². The van der Waals surface area contributed by atoms with Crippen LogP contribution in [0.4, 0.5) is 13.2 Å². The number of nitrogens with two attached hydrogens (primary N) is 2. The highest BCUT2D eigenvalue weighted by atomic mass is 32.1. The first-order valence-electron chi connectivity index (χ1n) is 9.53. The van der Waals surface area contributed by atoms with Gasteiger partial charge in [-0.2, -0.15) is 13.2 Å². The lowest BCUT2D eigenvalue weighted by atomic mass is 10.1. The van der Waals surface area contributed by atoms with E-state index in [1.54, 1.807) is 0 Å². The van der Waals surface area contributed by atoms with Crippen LogP contribution >= 0.6 is 11.3 Å². The van der Waals surface area contributed by atoms with Gasteiger partial charge in [0.1, 0.15) is 0 Å². The Labute approximate surface area is 186 Å². The van der Waals surface area contributed by atoms with Crippen molar-refractivity contribution in [2.24, 2.45) is 16.5 Å². The van der Waals surface area contributed by atoms with Gasteiger partial charge >= 0.3 is 6.18 Å². The van der Waals surface area contributed by atoms with Crippen LogP contribution in [0.25, 0.3) is 10.2 Å². The molecule has 3 aromatic rings. The molecule has 0 fully saturated rings. The van der Waals surface area contributed by atoms with E-state index in [0.29, 0.717) is 24.4 Å². The van der Waals surface area contributed by atoms with Crippen molar-refractivity contribution in [3.05, 3.63) is 64.7 Å². The number of guanidine groups is 1. The molecule has 11 heteroatoms. The smallest absolute Gasteiger partial charge is 0.370 e. The highest BCUT2D eigenvalue weighted by molar-refractivity contribution is 7.19. The Hall–Kier alpha value is -3.47. The third-order valence-corrected chi connectivity index (χ3v) is 5.01. The van der Waals surface area contributed by atoms with Gasteiger partial charge in [-0.25, -0.2) is 4.98 Å². The van der Waals surface area contributed by atoms with Gasteiger partial charge < -0.3 is 16.8 Å². The molecule has 0 spiro atoms. The highest BCUT2D eigenvalue weighted by Gasteiger charge is 2.34. The molecule has 0 aliphatic carbocycles. The fourth-order valence-corrected chi connectivity index (χ4v) is 3.39. The Morgan fingerprint density at radius 1 is 1.09 bits per heavy atom. The van der Waals surface area contributed by atoms with E-state index in [9.17, 15) is 22.8 Å². The minimum Gasteiger partial charge on any atom is -0.370 e. The summed E-state index contributed by atoms with van der Waals surface area (Å²) in [7, 11) is 0. The van der Waals surface area contributed by atoms with E-state index < -0.39 is 17.6 Å². The summed E-state index contributed by atoms with van der Waals surface area (Å²) in [6.07, 6.45) is -2.58. The molecular formula is C21H22F3N5O2S. The molecule has 7 nitrogen and oxygen atoms in total. The van der Waals surface area contributed by atoms with Crippen molar-refractivity contribution < 1.29 is 22.8 Å². The van der Waals surface area contributed by atoms with Crippen molar-refractivity contribution in [1.29, 1.82) is 0 Å². The zero-order chi connectivity index (χ0) is 23.6. The second-order valence-corrected chi connectivity index (χ2v) is 7.51. The van der Waals surface area contributed by atoms with Crippen molar-refractivity contribution >= 4 is 39.7 Å². The number of aliphatic imine (C=N–C) groups is 1. The summed E-state index contributed by atoms with van der Waals surface area (Å²) >= 11 is 1.42. The summed E-state index contributed by atoms with van der Waals surface area (Å²) in [6.45, 7) is 0.669. The Morgan fingerprint density at radius 2 is 1.78 bits per heavy atom. The molecule has 0 aliphatic heterocycles. The quantitative estimate of drug-likeness (QED) is 0.213. The first-order valence-corrected chi connectivity index (χ1v) is 10.3. The number of rotatable bonds is 7. The molecule has 0 saturated carbocycles. The third kappa shape index (κ3) is 7.65. The van der Waals surface area contributed by atoms with Crippen LogP contribution in [0.15, 0.2) is 53.5 Å². The van der Waals surface area contributed by atoms with Crippen LogP contribution < -0.4 is 16.8 Å². The van der Waals surface area contributed by atoms with Crippen molar-refractivity contribution in [3.8, 4) is 0 Å². The predicted molar refractivity (Wildman–Crippen MR) is 119 cm³/mol. The summed E-state index contributed by atoms with van der Waals surface area (Å²) in [5, 5.41) is 3.00. The number of amides is 1. The predicted octanol–water partition coefficient (Wildman–Crippen LogP) is 3.60. The van der Waals surface area contributed by atoms with Crippen LogP contribution in [0.2, 0.25) is 0 Å². The topological polar surface area (TPSA) is 123 Å². The number of halogens is 3. The second kappa shape index (κ2) is 11.8.